The van der Waals surface area contributed by atoms with Crippen molar-refractivity contribution in [1.82, 2.24) is 0 Å². The van der Waals surface area contributed by atoms with Crippen LogP contribution in [0.3, 0.4) is 0 Å². The summed E-state index contributed by atoms with van der Waals surface area (Å²) in [5.41, 5.74) is -1.17. The highest BCUT2D eigenvalue weighted by Gasteiger charge is 2.75. The molecule has 152 valence electrons. The molecule has 2 saturated heterocycles. The van der Waals surface area contributed by atoms with E-state index in [0.717, 1.165) is 12.0 Å². The van der Waals surface area contributed by atoms with Crippen LogP contribution in [0, 0.1) is 22.7 Å². The minimum atomic E-state index is -1.25. The molecule has 0 spiro atoms. The Balaban J connectivity index is 1.58. The third-order valence-electron chi connectivity index (χ3n) is 8.40. The summed E-state index contributed by atoms with van der Waals surface area (Å²) in [6, 6.07) is 1.85. The van der Waals surface area contributed by atoms with Crippen molar-refractivity contribution in [2.24, 2.45) is 22.7 Å². The normalized spacial score (nSPS) is 49.3. The number of methoxy groups -OCH3 is 1. The van der Waals surface area contributed by atoms with Crippen LogP contribution in [-0.4, -0.2) is 36.0 Å². The number of hydrogen-bond donors (Lipinski definition) is 1. The number of ether oxygens (including phenoxy) is 3. The molecule has 1 aromatic rings. The quantitative estimate of drug-likeness (QED) is 0.486. The van der Waals surface area contributed by atoms with Crippen molar-refractivity contribution in [3.63, 3.8) is 0 Å². The number of rotatable bonds is 3. The van der Waals surface area contributed by atoms with Gasteiger partial charge in [-0.25, -0.2) is 0 Å². The van der Waals surface area contributed by atoms with E-state index in [9.17, 15) is 9.90 Å². The number of carbonyl (C=O) groups is 1. The molecule has 6 heteroatoms. The smallest absolute Gasteiger partial charge is 0.310 e. The fourth-order valence-electron chi connectivity index (χ4n) is 6.76. The summed E-state index contributed by atoms with van der Waals surface area (Å²) >= 11 is 0. The molecule has 0 amide bonds. The minimum Gasteiger partial charge on any atom is -0.499 e. The lowest BCUT2D eigenvalue weighted by Crippen LogP contribution is -2.67. The predicted octanol–water partition coefficient (Wildman–Crippen LogP) is 3.37. The maximum atomic E-state index is 13.0. The summed E-state index contributed by atoms with van der Waals surface area (Å²) in [5, 5.41) is 11.8. The highest BCUT2D eigenvalue weighted by Crippen LogP contribution is 2.70. The second-order valence-electron chi connectivity index (χ2n) is 9.48. The molecule has 4 aliphatic rings. The first-order chi connectivity index (χ1) is 13.3. The molecule has 1 aromatic heterocycles. The van der Waals surface area contributed by atoms with Crippen molar-refractivity contribution >= 4 is 5.97 Å². The molecule has 3 heterocycles. The van der Waals surface area contributed by atoms with Gasteiger partial charge in [-0.05, 0) is 43.1 Å². The number of hydrogen-bond acceptors (Lipinski definition) is 6. The summed E-state index contributed by atoms with van der Waals surface area (Å²) < 4.78 is 22.4. The summed E-state index contributed by atoms with van der Waals surface area (Å²) in [5.74, 6) is 0.125. The van der Waals surface area contributed by atoms with Crippen LogP contribution >= 0.6 is 0 Å². The lowest BCUT2D eigenvalue weighted by Gasteiger charge is -2.63. The largest absolute Gasteiger partial charge is 0.499 e. The molecule has 4 fully saturated rings. The average molecular weight is 388 g/mol. The molecule has 0 radical (unpaired) electrons. The molecule has 0 bridgehead atoms. The Morgan fingerprint density at radius 1 is 1.39 bits per heavy atom. The van der Waals surface area contributed by atoms with E-state index in [1.165, 1.54) is 0 Å². The highest BCUT2D eigenvalue weighted by molar-refractivity contribution is 5.75. The molecule has 8 unspecified atom stereocenters. The van der Waals surface area contributed by atoms with E-state index < -0.39 is 11.0 Å². The summed E-state index contributed by atoms with van der Waals surface area (Å²) in [6.45, 7) is 8.33. The number of esters is 1. The van der Waals surface area contributed by atoms with Crippen LogP contribution in [0.4, 0.5) is 0 Å². The SMILES string of the molecule is C=C(OC)C1(O)C2OC2CC2C3(C)CC(c4ccoc4)OC(=O)C3CCC21C. The van der Waals surface area contributed by atoms with Gasteiger partial charge in [-0.2, -0.15) is 0 Å². The van der Waals surface area contributed by atoms with Crippen molar-refractivity contribution in [3.8, 4) is 0 Å². The van der Waals surface area contributed by atoms with Crippen LogP contribution in [0.2, 0.25) is 0 Å². The van der Waals surface area contributed by atoms with Gasteiger partial charge in [0.2, 0.25) is 0 Å². The van der Waals surface area contributed by atoms with Gasteiger partial charge >= 0.3 is 5.97 Å². The van der Waals surface area contributed by atoms with Gasteiger partial charge in [-0.3, -0.25) is 4.79 Å². The zero-order valence-electron chi connectivity index (χ0n) is 16.6. The number of furan rings is 1. The van der Waals surface area contributed by atoms with E-state index in [1.54, 1.807) is 19.6 Å². The molecule has 8 atom stereocenters. The van der Waals surface area contributed by atoms with Gasteiger partial charge in [0.15, 0.2) is 5.60 Å². The van der Waals surface area contributed by atoms with Gasteiger partial charge in [0.05, 0.1) is 31.7 Å². The van der Waals surface area contributed by atoms with Gasteiger partial charge in [0, 0.05) is 11.0 Å². The Hall–Kier alpha value is -1.79. The zero-order chi connectivity index (χ0) is 19.9. The molecule has 2 aliphatic carbocycles. The molecular weight excluding hydrogens is 360 g/mol. The minimum absolute atomic E-state index is 0.0177. The number of fused-ring (bicyclic) bond motifs is 4. The van der Waals surface area contributed by atoms with E-state index in [2.05, 4.69) is 20.4 Å². The van der Waals surface area contributed by atoms with Crippen molar-refractivity contribution in [3.05, 3.63) is 36.5 Å². The fourth-order valence-corrected chi connectivity index (χ4v) is 6.76. The van der Waals surface area contributed by atoms with Crippen molar-refractivity contribution in [2.45, 2.75) is 63.4 Å². The molecule has 1 N–H and O–H groups in total. The van der Waals surface area contributed by atoms with Crippen LogP contribution in [0.1, 0.15) is 51.2 Å². The molecular formula is C22H28O6. The van der Waals surface area contributed by atoms with Gasteiger partial charge < -0.3 is 23.7 Å². The Bertz CT molecular complexity index is 817. The topological polar surface area (TPSA) is 81.4 Å². The lowest BCUT2D eigenvalue weighted by atomic mass is 9.42. The molecule has 2 saturated carbocycles. The highest BCUT2D eigenvalue weighted by atomic mass is 16.6. The van der Waals surface area contributed by atoms with E-state index in [4.69, 9.17) is 18.6 Å². The van der Waals surface area contributed by atoms with Crippen molar-refractivity contribution in [2.75, 3.05) is 7.11 Å². The Morgan fingerprint density at radius 2 is 2.18 bits per heavy atom. The van der Waals surface area contributed by atoms with Crippen molar-refractivity contribution < 1.29 is 28.5 Å². The van der Waals surface area contributed by atoms with Gasteiger partial charge in [-0.15, -0.1) is 0 Å². The van der Waals surface area contributed by atoms with E-state index in [-0.39, 0.29) is 41.5 Å². The third kappa shape index (κ3) is 2.08. The second-order valence-corrected chi connectivity index (χ2v) is 9.48. The number of epoxide rings is 1. The first-order valence-corrected chi connectivity index (χ1v) is 10.1. The summed E-state index contributed by atoms with van der Waals surface area (Å²) in [6.07, 6.45) is 5.55. The van der Waals surface area contributed by atoms with E-state index in [1.807, 2.05) is 6.07 Å². The monoisotopic (exact) mass is 388 g/mol. The molecule has 28 heavy (non-hydrogen) atoms. The maximum Gasteiger partial charge on any atom is 0.310 e. The van der Waals surface area contributed by atoms with Crippen LogP contribution in [-0.2, 0) is 19.0 Å². The van der Waals surface area contributed by atoms with E-state index in [0.29, 0.717) is 25.0 Å². The molecule has 2 aliphatic heterocycles. The summed E-state index contributed by atoms with van der Waals surface area (Å²) in [4.78, 5) is 13.0. The third-order valence-corrected chi connectivity index (χ3v) is 8.40. The molecule has 5 rings (SSSR count). The van der Waals surface area contributed by atoms with Gasteiger partial charge in [-0.1, -0.05) is 20.4 Å². The fraction of sp³-hybridized carbons (Fsp3) is 0.682. The maximum absolute atomic E-state index is 13.0. The predicted molar refractivity (Wildman–Crippen MR) is 99.0 cm³/mol. The second kappa shape index (κ2) is 5.63. The number of carbonyl (C=O) groups excluding carboxylic acids is 1. The first kappa shape index (κ1) is 18.3. The van der Waals surface area contributed by atoms with Crippen LogP contribution in [0.5, 0.6) is 0 Å². The van der Waals surface area contributed by atoms with Crippen LogP contribution in [0.15, 0.2) is 35.3 Å². The Morgan fingerprint density at radius 3 is 2.86 bits per heavy atom. The lowest BCUT2D eigenvalue weighted by molar-refractivity contribution is -0.223. The molecule has 6 nitrogen and oxygen atoms in total. The van der Waals surface area contributed by atoms with Gasteiger partial charge in [0.1, 0.15) is 18.0 Å². The Labute approximate surface area is 164 Å². The van der Waals surface area contributed by atoms with Crippen LogP contribution in [0.25, 0.3) is 0 Å². The molecule has 0 aromatic carbocycles. The summed E-state index contributed by atoms with van der Waals surface area (Å²) in [7, 11) is 1.55. The Kier molecular flexibility index (Phi) is 3.67. The first-order valence-electron chi connectivity index (χ1n) is 10.1. The standard InChI is InChI=1S/C22H28O6/c1-12(25-4)22(24)18-15(27-18)9-17-20(2)10-16(13-6-8-26-11-13)28-19(23)14(20)5-7-21(17,22)3/h6,8,11,14-18,24H,1,5,7,9-10H2,2-4H3. The number of aliphatic hydroxyl groups is 1. The van der Waals surface area contributed by atoms with Crippen LogP contribution < -0.4 is 0 Å². The number of cyclic esters (lactones) is 1. The average Bonchev–Trinajstić information content (AvgIpc) is 3.24. The zero-order valence-corrected chi connectivity index (χ0v) is 16.6. The van der Waals surface area contributed by atoms with E-state index >= 15 is 0 Å². The van der Waals surface area contributed by atoms with Gasteiger partial charge in [0.25, 0.3) is 0 Å². The van der Waals surface area contributed by atoms with Crippen molar-refractivity contribution in [1.29, 1.82) is 0 Å².